The summed E-state index contributed by atoms with van der Waals surface area (Å²) in [5.74, 6) is 0.637. The number of nitrogens with one attached hydrogen (secondary N) is 1. The van der Waals surface area contributed by atoms with E-state index in [0.29, 0.717) is 5.92 Å². The lowest BCUT2D eigenvalue weighted by molar-refractivity contribution is -0.907. The second-order valence-corrected chi connectivity index (χ2v) is 7.57. The molecule has 148 valence electrons. The number of hydrogen-bond acceptors (Lipinski definition) is 3. The van der Waals surface area contributed by atoms with Gasteiger partial charge >= 0.3 is 0 Å². The van der Waals surface area contributed by atoms with Crippen LogP contribution in [0.15, 0.2) is 42.5 Å². The molecule has 1 heterocycles. The Morgan fingerprint density at radius 2 is 2.04 bits per heavy atom. The van der Waals surface area contributed by atoms with Crippen LogP contribution in [0.1, 0.15) is 30.9 Å². The largest absolute Gasteiger partial charge is 0.370 e. The Morgan fingerprint density at radius 1 is 1.26 bits per heavy atom. The Bertz CT molecular complexity index is 599. The zero-order valence-corrected chi connectivity index (χ0v) is 16.4. The van der Waals surface area contributed by atoms with E-state index in [4.69, 9.17) is 9.47 Å². The highest BCUT2D eigenvalue weighted by atomic mass is 16.5. The molecule has 3 rings (SSSR count). The van der Waals surface area contributed by atoms with Crippen LogP contribution >= 0.6 is 0 Å². The van der Waals surface area contributed by atoms with E-state index >= 15 is 0 Å². The third kappa shape index (κ3) is 5.89. The van der Waals surface area contributed by atoms with Crippen LogP contribution in [0.2, 0.25) is 0 Å². The Labute approximate surface area is 162 Å². The molecule has 0 spiro atoms. The van der Waals surface area contributed by atoms with Crippen molar-refractivity contribution in [1.29, 1.82) is 0 Å². The van der Waals surface area contributed by atoms with Crippen molar-refractivity contribution in [2.45, 2.75) is 25.4 Å². The molecule has 5 heteroatoms. The SMILES string of the molecule is CO[C@@H](C(=O)N(CC[NH+]1CCOCC1)C[C@@H]1CC=CCC1)c1ccccc1. The van der Waals surface area contributed by atoms with Gasteiger partial charge in [-0.25, -0.2) is 0 Å². The standard InChI is InChI=1S/C22H32N2O3/c1-26-21(20-10-6-3-7-11-20)22(25)24(18-19-8-4-2-5-9-19)13-12-23-14-16-27-17-15-23/h2-4,6-7,10-11,19,21H,5,8-9,12-18H2,1H3/p+1/t19-,21-/m1/s1. The van der Waals surface area contributed by atoms with Crippen molar-refractivity contribution in [1.82, 2.24) is 4.90 Å². The number of nitrogens with zero attached hydrogens (tertiary/aromatic N) is 1. The minimum absolute atomic E-state index is 0.0888. The lowest BCUT2D eigenvalue weighted by Gasteiger charge is -2.32. The molecule has 27 heavy (non-hydrogen) atoms. The van der Waals surface area contributed by atoms with Crippen molar-refractivity contribution in [3.8, 4) is 0 Å². The fourth-order valence-corrected chi connectivity index (χ4v) is 4.00. The van der Waals surface area contributed by atoms with Crippen LogP contribution < -0.4 is 4.90 Å². The number of quaternary nitrogens is 1. The van der Waals surface area contributed by atoms with Crippen LogP contribution in [-0.4, -0.2) is 63.9 Å². The highest BCUT2D eigenvalue weighted by Gasteiger charge is 2.29. The number of methoxy groups -OCH3 is 1. The summed E-state index contributed by atoms with van der Waals surface area (Å²) in [6.07, 6.45) is 7.33. The molecule has 0 bridgehead atoms. The second kappa shape index (κ2) is 10.6. The van der Waals surface area contributed by atoms with Gasteiger partial charge in [-0.2, -0.15) is 0 Å². The van der Waals surface area contributed by atoms with Crippen LogP contribution in [0.4, 0.5) is 0 Å². The molecule has 0 unspecified atom stereocenters. The third-order valence-electron chi connectivity index (χ3n) is 5.67. The molecule has 1 aliphatic carbocycles. The normalized spacial score (nSPS) is 21.7. The first-order valence-electron chi connectivity index (χ1n) is 10.2. The molecule has 0 saturated carbocycles. The minimum Gasteiger partial charge on any atom is -0.370 e. The van der Waals surface area contributed by atoms with Gasteiger partial charge in [0.1, 0.15) is 13.1 Å². The molecule has 0 aromatic heterocycles. The zero-order chi connectivity index (χ0) is 18.9. The van der Waals surface area contributed by atoms with E-state index in [1.807, 2.05) is 35.2 Å². The van der Waals surface area contributed by atoms with Gasteiger partial charge in [0, 0.05) is 13.7 Å². The molecule has 0 radical (unpaired) electrons. The Hall–Kier alpha value is -1.69. The molecular formula is C22H33N2O3+. The summed E-state index contributed by atoms with van der Waals surface area (Å²) in [4.78, 5) is 16.9. The highest BCUT2D eigenvalue weighted by Crippen LogP contribution is 2.23. The average Bonchev–Trinajstić information content (AvgIpc) is 2.74. The van der Waals surface area contributed by atoms with Gasteiger partial charge in [-0.05, 0) is 30.7 Å². The fraction of sp³-hybridized carbons (Fsp3) is 0.591. The van der Waals surface area contributed by atoms with Crippen LogP contribution in [0.5, 0.6) is 0 Å². The number of carbonyl (C=O) groups excluding carboxylic acids is 1. The number of rotatable bonds is 8. The van der Waals surface area contributed by atoms with E-state index in [0.717, 1.165) is 70.8 Å². The molecule has 5 nitrogen and oxygen atoms in total. The van der Waals surface area contributed by atoms with E-state index in [1.165, 1.54) is 4.90 Å². The quantitative estimate of drug-likeness (QED) is 0.702. The van der Waals surface area contributed by atoms with E-state index < -0.39 is 6.10 Å². The number of hydrogen-bond donors (Lipinski definition) is 1. The van der Waals surface area contributed by atoms with Gasteiger partial charge in [0.2, 0.25) is 0 Å². The van der Waals surface area contributed by atoms with Crippen molar-refractivity contribution in [3.63, 3.8) is 0 Å². The lowest BCUT2D eigenvalue weighted by Crippen LogP contribution is -3.14. The summed E-state index contributed by atoms with van der Waals surface area (Å²) < 4.78 is 11.1. The zero-order valence-electron chi connectivity index (χ0n) is 16.4. The van der Waals surface area contributed by atoms with E-state index in [9.17, 15) is 4.79 Å². The molecule has 1 amide bonds. The van der Waals surface area contributed by atoms with Crippen LogP contribution in [0, 0.1) is 5.92 Å². The molecule has 2 atom stereocenters. The number of morpholine rings is 1. The molecule has 1 aliphatic heterocycles. The van der Waals surface area contributed by atoms with Crippen molar-refractivity contribution in [2.75, 3.05) is 53.0 Å². The molecular weight excluding hydrogens is 340 g/mol. The first-order valence-corrected chi connectivity index (χ1v) is 10.2. The van der Waals surface area contributed by atoms with Crippen LogP contribution in [0.3, 0.4) is 0 Å². The van der Waals surface area contributed by atoms with Gasteiger partial charge in [0.25, 0.3) is 5.91 Å². The number of amides is 1. The van der Waals surface area contributed by atoms with E-state index in [2.05, 4.69) is 12.2 Å². The van der Waals surface area contributed by atoms with Crippen LogP contribution in [-0.2, 0) is 14.3 Å². The molecule has 1 aromatic rings. The first-order chi connectivity index (χ1) is 13.3. The van der Waals surface area contributed by atoms with Crippen molar-refractivity contribution in [3.05, 3.63) is 48.0 Å². The van der Waals surface area contributed by atoms with Gasteiger partial charge in [-0.3, -0.25) is 4.79 Å². The minimum atomic E-state index is -0.523. The van der Waals surface area contributed by atoms with Crippen LogP contribution in [0.25, 0.3) is 0 Å². The molecule has 1 fully saturated rings. The maximum atomic E-state index is 13.4. The first kappa shape index (κ1) is 20.1. The van der Waals surface area contributed by atoms with Crippen molar-refractivity contribution in [2.24, 2.45) is 5.92 Å². The maximum Gasteiger partial charge on any atom is 0.256 e. The predicted molar refractivity (Wildman–Crippen MR) is 106 cm³/mol. The molecule has 2 aliphatic rings. The average molecular weight is 374 g/mol. The number of ether oxygens (including phenoxy) is 2. The van der Waals surface area contributed by atoms with Gasteiger partial charge in [0.05, 0.1) is 26.3 Å². The summed E-state index contributed by atoms with van der Waals surface area (Å²) in [5, 5.41) is 0. The summed E-state index contributed by atoms with van der Waals surface area (Å²) in [7, 11) is 1.63. The van der Waals surface area contributed by atoms with Gasteiger partial charge in [0.15, 0.2) is 6.10 Å². The second-order valence-electron chi connectivity index (χ2n) is 7.57. The Kier molecular flexibility index (Phi) is 7.87. The summed E-state index contributed by atoms with van der Waals surface area (Å²) in [6.45, 7) is 6.27. The maximum absolute atomic E-state index is 13.4. The monoisotopic (exact) mass is 373 g/mol. The van der Waals surface area contributed by atoms with E-state index in [1.54, 1.807) is 7.11 Å². The van der Waals surface area contributed by atoms with E-state index in [-0.39, 0.29) is 5.91 Å². The summed E-state index contributed by atoms with van der Waals surface area (Å²) >= 11 is 0. The molecule has 1 N–H and O–H groups in total. The summed E-state index contributed by atoms with van der Waals surface area (Å²) in [6, 6.07) is 9.84. The smallest absolute Gasteiger partial charge is 0.256 e. The van der Waals surface area contributed by atoms with Gasteiger partial charge in [-0.15, -0.1) is 0 Å². The number of carbonyl (C=O) groups is 1. The summed E-state index contributed by atoms with van der Waals surface area (Å²) in [5.41, 5.74) is 0.928. The van der Waals surface area contributed by atoms with Crippen molar-refractivity contribution < 1.29 is 19.2 Å². The molecule has 1 saturated heterocycles. The highest BCUT2D eigenvalue weighted by molar-refractivity contribution is 5.82. The topological polar surface area (TPSA) is 43.2 Å². The Morgan fingerprint density at radius 3 is 2.70 bits per heavy atom. The fourth-order valence-electron chi connectivity index (χ4n) is 4.00. The number of allylic oxidation sites excluding steroid dienone is 2. The van der Waals surface area contributed by atoms with Crippen molar-refractivity contribution >= 4 is 5.91 Å². The molecule has 1 aromatic carbocycles. The Balaban J connectivity index is 1.68. The lowest BCUT2D eigenvalue weighted by atomic mass is 9.93. The van der Waals surface area contributed by atoms with Gasteiger partial charge in [-0.1, -0.05) is 42.5 Å². The third-order valence-corrected chi connectivity index (χ3v) is 5.67. The van der Waals surface area contributed by atoms with Gasteiger partial charge < -0.3 is 19.3 Å². The number of benzene rings is 1. The predicted octanol–water partition coefficient (Wildman–Crippen LogP) is 1.47.